The standard InChI is InChI=1S/C17H21ClN4O2S2/c1-9(2)15(11(4)23)20-14(24)8-25-17-22-21-16(26-17)19-13-7-5-6-12(18)10(13)3/h5-7,9,15H,8H2,1-4H3,(H,19,21)(H,20,24). The third-order valence-corrected chi connectivity index (χ3v) is 6.05. The van der Waals surface area contributed by atoms with Crippen LogP contribution in [0, 0.1) is 12.8 Å². The minimum atomic E-state index is -0.458. The van der Waals surface area contributed by atoms with Crippen LogP contribution in [0.25, 0.3) is 0 Å². The van der Waals surface area contributed by atoms with E-state index in [-0.39, 0.29) is 23.4 Å². The van der Waals surface area contributed by atoms with Crippen molar-refractivity contribution in [2.24, 2.45) is 5.92 Å². The molecule has 1 amide bonds. The van der Waals surface area contributed by atoms with Crippen LogP contribution in [0.15, 0.2) is 22.5 Å². The van der Waals surface area contributed by atoms with Gasteiger partial charge in [-0.25, -0.2) is 0 Å². The van der Waals surface area contributed by atoms with Crippen LogP contribution in [-0.4, -0.2) is 33.7 Å². The minimum absolute atomic E-state index is 0.0438. The molecule has 0 aliphatic heterocycles. The van der Waals surface area contributed by atoms with E-state index >= 15 is 0 Å². The molecule has 2 N–H and O–H groups in total. The zero-order valence-electron chi connectivity index (χ0n) is 15.0. The fourth-order valence-corrected chi connectivity index (χ4v) is 4.01. The first-order chi connectivity index (χ1) is 12.3. The highest BCUT2D eigenvalue weighted by atomic mass is 35.5. The highest BCUT2D eigenvalue weighted by molar-refractivity contribution is 8.01. The molecule has 0 saturated heterocycles. The van der Waals surface area contributed by atoms with Crippen LogP contribution in [0.5, 0.6) is 0 Å². The Morgan fingerprint density at radius 3 is 2.69 bits per heavy atom. The Kier molecular flexibility index (Phi) is 7.43. The molecule has 0 spiro atoms. The van der Waals surface area contributed by atoms with Crippen LogP contribution >= 0.6 is 34.7 Å². The van der Waals surface area contributed by atoms with Crippen molar-refractivity contribution in [3.8, 4) is 0 Å². The highest BCUT2D eigenvalue weighted by Crippen LogP contribution is 2.30. The Labute approximate surface area is 166 Å². The number of benzene rings is 1. The molecule has 1 atom stereocenters. The maximum absolute atomic E-state index is 12.1. The molecular formula is C17H21ClN4O2S2. The zero-order valence-corrected chi connectivity index (χ0v) is 17.4. The van der Waals surface area contributed by atoms with Gasteiger partial charge in [-0.1, -0.05) is 54.6 Å². The molecule has 0 saturated carbocycles. The molecule has 0 aliphatic carbocycles. The summed E-state index contributed by atoms with van der Waals surface area (Å²) in [5.74, 6) is -0.00178. The third kappa shape index (κ3) is 5.69. The molecule has 1 aromatic heterocycles. The quantitative estimate of drug-likeness (QED) is 0.636. The van der Waals surface area contributed by atoms with Crippen LogP contribution in [-0.2, 0) is 9.59 Å². The van der Waals surface area contributed by atoms with Gasteiger partial charge in [0, 0.05) is 10.7 Å². The molecule has 0 bridgehead atoms. The number of nitrogens with one attached hydrogen (secondary N) is 2. The Hall–Kier alpha value is -1.64. The van der Waals surface area contributed by atoms with Crippen molar-refractivity contribution in [1.29, 1.82) is 0 Å². The van der Waals surface area contributed by atoms with Crippen molar-refractivity contribution in [2.75, 3.05) is 11.1 Å². The van der Waals surface area contributed by atoms with Gasteiger partial charge in [0.25, 0.3) is 0 Å². The number of hydrogen-bond donors (Lipinski definition) is 2. The molecular weight excluding hydrogens is 392 g/mol. The minimum Gasteiger partial charge on any atom is -0.345 e. The maximum atomic E-state index is 12.1. The first kappa shape index (κ1) is 20.7. The van der Waals surface area contributed by atoms with Gasteiger partial charge >= 0.3 is 0 Å². The Morgan fingerprint density at radius 2 is 2.04 bits per heavy atom. The summed E-state index contributed by atoms with van der Waals surface area (Å²) in [5, 5.41) is 15.4. The molecule has 2 aromatic rings. The van der Waals surface area contributed by atoms with Gasteiger partial charge in [0.1, 0.15) is 0 Å². The normalized spacial score (nSPS) is 12.1. The fourth-order valence-electron chi connectivity index (χ4n) is 2.26. The number of thioether (sulfide) groups is 1. The van der Waals surface area contributed by atoms with Gasteiger partial charge < -0.3 is 10.6 Å². The van der Waals surface area contributed by atoms with Crippen LogP contribution in [0.2, 0.25) is 5.02 Å². The number of halogens is 1. The number of rotatable bonds is 8. The van der Waals surface area contributed by atoms with Crippen molar-refractivity contribution in [3.63, 3.8) is 0 Å². The molecule has 1 heterocycles. The topological polar surface area (TPSA) is 84.0 Å². The lowest BCUT2D eigenvalue weighted by atomic mass is 10.0. The van der Waals surface area contributed by atoms with Crippen LogP contribution in [0.3, 0.4) is 0 Å². The largest absolute Gasteiger partial charge is 0.345 e. The average Bonchev–Trinajstić information content (AvgIpc) is 3.02. The van der Waals surface area contributed by atoms with Gasteiger partial charge in [-0.3, -0.25) is 9.59 Å². The predicted octanol–water partition coefficient (Wildman–Crippen LogP) is 4.07. The molecule has 0 fully saturated rings. The first-order valence-electron chi connectivity index (χ1n) is 8.06. The van der Waals surface area contributed by atoms with Gasteiger partial charge in [0.05, 0.1) is 11.8 Å². The Morgan fingerprint density at radius 1 is 1.31 bits per heavy atom. The number of amides is 1. The third-order valence-electron chi connectivity index (χ3n) is 3.66. The van der Waals surface area contributed by atoms with Crippen molar-refractivity contribution < 1.29 is 9.59 Å². The van der Waals surface area contributed by atoms with E-state index in [0.717, 1.165) is 11.3 Å². The smallest absolute Gasteiger partial charge is 0.231 e. The van der Waals surface area contributed by atoms with Crippen molar-refractivity contribution >= 4 is 57.2 Å². The summed E-state index contributed by atoms with van der Waals surface area (Å²) in [4.78, 5) is 23.6. The Bertz CT molecular complexity index is 795. The molecule has 6 nitrogen and oxygen atoms in total. The number of hydrogen-bond acceptors (Lipinski definition) is 7. The lowest BCUT2D eigenvalue weighted by Gasteiger charge is -2.19. The number of anilines is 2. The summed E-state index contributed by atoms with van der Waals surface area (Å²) in [6, 6.07) is 5.14. The SMILES string of the molecule is CC(=O)C(NC(=O)CSc1nnc(Nc2cccc(Cl)c2C)s1)C(C)C. The molecule has 2 rings (SSSR count). The summed E-state index contributed by atoms with van der Waals surface area (Å²) in [5.41, 5.74) is 1.80. The summed E-state index contributed by atoms with van der Waals surface area (Å²) in [7, 11) is 0. The summed E-state index contributed by atoms with van der Waals surface area (Å²) >= 11 is 8.75. The summed E-state index contributed by atoms with van der Waals surface area (Å²) in [6.45, 7) is 7.21. The van der Waals surface area contributed by atoms with Crippen LogP contribution in [0.4, 0.5) is 10.8 Å². The molecule has 1 unspecified atom stereocenters. The van der Waals surface area contributed by atoms with E-state index in [4.69, 9.17) is 11.6 Å². The van der Waals surface area contributed by atoms with E-state index in [1.54, 1.807) is 0 Å². The van der Waals surface area contributed by atoms with Gasteiger partial charge in [0.2, 0.25) is 11.0 Å². The second kappa shape index (κ2) is 9.34. The van der Waals surface area contributed by atoms with Crippen LogP contribution in [0.1, 0.15) is 26.3 Å². The monoisotopic (exact) mass is 412 g/mol. The average molecular weight is 413 g/mol. The molecule has 9 heteroatoms. The summed E-state index contributed by atoms with van der Waals surface area (Å²) < 4.78 is 0.672. The second-order valence-electron chi connectivity index (χ2n) is 6.10. The molecule has 0 radical (unpaired) electrons. The first-order valence-corrected chi connectivity index (χ1v) is 10.2. The number of nitrogens with zero attached hydrogens (tertiary/aromatic N) is 2. The lowest BCUT2D eigenvalue weighted by Crippen LogP contribution is -2.44. The predicted molar refractivity (Wildman–Crippen MR) is 108 cm³/mol. The van der Waals surface area contributed by atoms with Crippen molar-refractivity contribution in [2.45, 2.75) is 38.1 Å². The van der Waals surface area contributed by atoms with Crippen molar-refractivity contribution in [1.82, 2.24) is 15.5 Å². The van der Waals surface area contributed by atoms with E-state index in [1.165, 1.54) is 30.0 Å². The second-order valence-corrected chi connectivity index (χ2v) is 8.71. The maximum Gasteiger partial charge on any atom is 0.231 e. The molecule has 0 aliphatic rings. The molecule has 1 aromatic carbocycles. The van der Waals surface area contributed by atoms with Crippen molar-refractivity contribution in [3.05, 3.63) is 28.8 Å². The lowest BCUT2D eigenvalue weighted by molar-refractivity contribution is -0.126. The summed E-state index contributed by atoms with van der Waals surface area (Å²) in [6.07, 6.45) is 0. The number of Topliss-reactive ketones (excluding diaryl/α,β-unsaturated/α-hetero) is 1. The number of aromatic nitrogens is 2. The van der Waals surface area contributed by atoms with Gasteiger partial charge in [-0.05, 0) is 37.5 Å². The van der Waals surface area contributed by atoms with E-state index < -0.39 is 6.04 Å². The zero-order chi connectivity index (χ0) is 19.3. The van der Waals surface area contributed by atoms with Crippen LogP contribution < -0.4 is 10.6 Å². The van der Waals surface area contributed by atoms with E-state index in [1.807, 2.05) is 39.0 Å². The van der Waals surface area contributed by atoms with Gasteiger partial charge in [0.15, 0.2) is 10.1 Å². The fraction of sp³-hybridized carbons (Fsp3) is 0.412. The Balaban J connectivity index is 1.91. The van der Waals surface area contributed by atoms with Gasteiger partial charge in [-0.15, -0.1) is 10.2 Å². The number of carbonyl (C=O) groups is 2. The van der Waals surface area contributed by atoms with Gasteiger partial charge in [-0.2, -0.15) is 0 Å². The van der Waals surface area contributed by atoms with E-state index in [0.29, 0.717) is 14.5 Å². The molecule has 140 valence electrons. The van der Waals surface area contributed by atoms with E-state index in [9.17, 15) is 9.59 Å². The van der Waals surface area contributed by atoms with E-state index in [2.05, 4.69) is 20.8 Å². The molecule has 26 heavy (non-hydrogen) atoms. The number of ketones is 1. The highest BCUT2D eigenvalue weighted by Gasteiger charge is 2.20. The number of carbonyl (C=O) groups excluding carboxylic acids is 2.